The second-order valence-electron chi connectivity index (χ2n) is 8.66. The Kier molecular flexibility index (Phi) is 4.50. The molecule has 0 saturated carbocycles. The van der Waals surface area contributed by atoms with Gasteiger partial charge in [-0.3, -0.25) is 4.99 Å². The zero-order valence-corrected chi connectivity index (χ0v) is 16.9. The number of fused-ring (bicyclic) bond motifs is 2. The van der Waals surface area contributed by atoms with E-state index in [-0.39, 0.29) is 11.2 Å². The molecule has 0 amide bonds. The average molecular weight is 394 g/mol. The van der Waals surface area contributed by atoms with Crippen LogP contribution in [0.5, 0.6) is 0 Å². The number of aromatic nitrogens is 2. The molecule has 4 heterocycles. The first kappa shape index (κ1) is 18.5. The standard InChI is InChI=1S/C22H27FN6/c1-22(14-24)7-10-28(11-8-22)19-13-25-20-17(27-19)12-26-21(20)29-9-3-4-15-16(23)5-2-6-18(15)29/h2,5-6,13H,3-4,7-12,14,24H2,1H3. The first-order valence-corrected chi connectivity index (χ1v) is 10.5. The highest BCUT2D eigenvalue weighted by Gasteiger charge is 2.32. The van der Waals surface area contributed by atoms with Crippen LogP contribution in [0.3, 0.4) is 0 Å². The Morgan fingerprint density at radius 3 is 2.83 bits per heavy atom. The van der Waals surface area contributed by atoms with Gasteiger partial charge in [0.15, 0.2) is 5.84 Å². The number of nitrogens with zero attached hydrogens (tertiary/aromatic N) is 5. The molecule has 0 radical (unpaired) electrons. The highest BCUT2D eigenvalue weighted by atomic mass is 19.1. The smallest absolute Gasteiger partial charge is 0.156 e. The monoisotopic (exact) mass is 394 g/mol. The van der Waals surface area contributed by atoms with E-state index in [1.54, 1.807) is 6.07 Å². The van der Waals surface area contributed by atoms with Crippen LogP contribution in [-0.4, -0.2) is 42.0 Å². The molecule has 3 aliphatic rings. The van der Waals surface area contributed by atoms with E-state index in [0.29, 0.717) is 6.54 Å². The van der Waals surface area contributed by atoms with E-state index < -0.39 is 0 Å². The number of amidine groups is 1. The van der Waals surface area contributed by atoms with Crippen molar-refractivity contribution in [2.75, 3.05) is 36.0 Å². The number of nitrogens with two attached hydrogens (primary N) is 1. The molecule has 0 spiro atoms. The quantitative estimate of drug-likeness (QED) is 0.848. The molecular weight excluding hydrogens is 367 g/mol. The van der Waals surface area contributed by atoms with Gasteiger partial charge in [-0.15, -0.1) is 0 Å². The van der Waals surface area contributed by atoms with Crippen LogP contribution in [-0.2, 0) is 13.0 Å². The maximum atomic E-state index is 14.3. The molecule has 152 valence electrons. The molecule has 3 aliphatic heterocycles. The second-order valence-corrected chi connectivity index (χ2v) is 8.66. The third-order valence-electron chi connectivity index (χ3n) is 6.66. The summed E-state index contributed by atoms with van der Waals surface area (Å²) in [6, 6.07) is 5.28. The molecule has 7 heteroatoms. The Morgan fingerprint density at radius 2 is 2.03 bits per heavy atom. The van der Waals surface area contributed by atoms with Gasteiger partial charge in [0.2, 0.25) is 0 Å². The lowest BCUT2D eigenvalue weighted by Crippen LogP contribution is -2.42. The van der Waals surface area contributed by atoms with Gasteiger partial charge in [-0.2, -0.15) is 0 Å². The maximum absolute atomic E-state index is 14.3. The predicted molar refractivity (Wildman–Crippen MR) is 113 cm³/mol. The van der Waals surface area contributed by atoms with Gasteiger partial charge in [0.25, 0.3) is 0 Å². The van der Waals surface area contributed by atoms with E-state index in [1.807, 2.05) is 12.3 Å². The topological polar surface area (TPSA) is 70.6 Å². The van der Waals surface area contributed by atoms with Crippen LogP contribution in [0.25, 0.3) is 0 Å². The van der Waals surface area contributed by atoms with E-state index in [1.165, 1.54) is 6.07 Å². The van der Waals surface area contributed by atoms with Crippen molar-refractivity contribution in [1.29, 1.82) is 0 Å². The molecule has 1 saturated heterocycles. The van der Waals surface area contributed by atoms with Gasteiger partial charge < -0.3 is 15.5 Å². The van der Waals surface area contributed by atoms with Crippen LogP contribution in [0.2, 0.25) is 0 Å². The summed E-state index contributed by atoms with van der Waals surface area (Å²) in [5.41, 5.74) is 9.59. The normalized spacial score (nSPS) is 20.3. The van der Waals surface area contributed by atoms with Crippen molar-refractivity contribution in [3.05, 3.63) is 47.2 Å². The molecule has 6 nitrogen and oxygen atoms in total. The van der Waals surface area contributed by atoms with Gasteiger partial charge in [-0.1, -0.05) is 13.0 Å². The first-order valence-electron chi connectivity index (χ1n) is 10.5. The van der Waals surface area contributed by atoms with Crippen molar-refractivity contribution in [2.24, 2.45) is 16.1 Å². The largest absolute Gasteiger partial charge is 0.355 e. The van der Waals surface area contributed by atoms with Gasteiger partial charge in [0, 0.05) is 30.9 Å². The molecule has 0 atom stereocenters. The van der Waals surface area contributed by atoms with Gasteiger partial charge in [0.1, 0.15) is 17.3 Å². The lowest BCUT2D eigenvalue weighted by atomic mass is 9.80. The number of aliphatic imine (C=N–C) groups is 1. The second kappa shape index (κ2) is 7.06. The number of piperidine rings is 1. The average Bonchev–Trinajstić information content (AvgIpc) is 3.17. The molecule has 29 heavy (non-hydrogen) atoms. The maximum Gasteiger partial charge on any atom is 0.156 e. The highest BCUT2D eigenvalue weighted by molar-refractivity contribution is 6.11. The lowest BCUT2D eigenvalue weighted by Gasteiger charge is -2.39. The van der Waals surface area contributed by atoms with Crippen LogP contribution < -0.4 is 15.5 Å². The van der Waals surface area contributed by atoms with Gasteiger partial charge in [-0.25, -0.2) is 14.4 Å². The van der Waals surface area contributed by atoms with Crippen molar-refractivity contribution in [3.8, 4) is 0 Å². The Labute approximate surface area is 170 Å². The first-order chi connectivity index (χ1) is 14.1. The third-order valence-corrected chi connectivity index (χ3v) is 6.66. The number of benzene rings is 1. The molecule has 1 aromatic carbocycles. The van der Waals surface area contributed by atoms with Gasteiger partial charge in [0.05, 0.1) is 18.4 Å². The minimum atomic E-state index is -0.137. The number of hydrogen-bond acceptors (Lipinski definition) is 6. The summed E-state index contributed by atoms with van der Waals surface area (Å²) in [7, 11) is 0. The molecular formula is C22H27FN6. The van der Waals surface area contributed by atoms with E-state index in [4.69, 9.17) is 20.7 Å². The van der Waals surface area contributed by atoms with Crippen LogP contribution in [0, 0.1) is 11.2 Å². The molecule has 5 rings (SSSR count). The van der Waals surface area contributed by atoms with Crippen molar-refractivity contribution in [1.82, 2.24) is 9.97 Å². The fraction of sp³-hybridized carbons (Fsp3) is 0.500. The van der Waals surface area contributed by atoms with Crippen LogP contribution in [0.15, 0.2) is 29.4 Å². The Hall–Kier alpha value is -2.54. The van der Waals surface area contributed by atoms with E-state index in [2.05, 4.69) is 16.7 Å². The Morgan fingerprint density at radius 1 is 1.21 bits per heavy atom. The number of halogens is 1. The van der Waals surface area contributed by atoms with Crippen LogP contribution in [0.4, 0.5) is 15.9 Å². The van der Waals surface area contributed by atoms with Crippen LogP contribution in [0.1, 0.15) is 43.1 Å². The third kappa shape index (κ3) is 3.17. The molecule has 1 aromatic heterocycles. The van der Waals surface area contributed by atoms with Crippen molar-refractivity contribution < 1.29 is 4.39 Å². The van der Waals surface area contributed by atoms with Gasteiger partial charge in [-0.05, 0) is 49.8 Å². The van der Waals surface area contributed by atoms with Crippen molar-refractivity contribution in [2.45, 2.75) is 39.2 Å². The zero-order chi connectivity index (χ0) is 20.0. The van der Waals surface area contributed by atoms with Gasteiger partial charge >= 0.3 is 0 Å². The van der Waals surface area contributed by atoms with Crippen molar-refractivity contribution in [3.63, 3.8) is 0 Å². The molecule has 2 N–H and O–H groups in total. The molecule has 2 aromatic rings. The number of hydrogen-bond donors (Lipinski definition) is 1. The fourth-order valence-corrected chi connectivity index (χ4v) is 4.59. The Balaban J connectivity index is 1.39. The lowest BCUT2D eigenvalue weighted by molar-refractivity contribution is 0.258. The summed E-state index contributed by atoms with van der Waals surface area (Å²) in [6.45, 7) is 6.24. The number of rotatable bonds is 2. The van der Waals surface area contributed by atoms with E-state index in [9.17, 15) is 4.39 Å². The summed E-state index contributed by atoms with van der Waals surface area (Å²) in [6.07, 6.45) is 5.67. The summed E-state index contributed by atoms with van der Waals surface area (Å²) >= 11 is 0. The predicted octanol–water partition coefficient (Wildman–Crippen LogP) is 2.89. The summed E-state index contributed by atoms with van der Waals surface area (Å²) < 4.78 is 14.3. The molecule has 1 fully saturated rings. The van der Waals surface area contributed by atoms with Crippen LogP contribution >= 0.6 is 0 Å². The summed E-state index contributed by atoms with van der Waals surface area (Å²) in [5.74, 6) is 1.60. The highest BCUT2D eigenvalue weighted by Crippen LogP contribution is 2.34. The van der Waals surface area contributed by atoms with E-state index in [0.717, 1.165) is 86.2 Å². The molecule has 0 unspecified atom stereocenters. The zero-order valence-electron chi connectivity index (χ0n) is 16.9. The SMILES string of the molecule is CC1(CN)CCN(c2cnc3c(n2)CN=C3N2CCCc3c(F)cccc32)CC1. The molecule has 0 aliphatic carbocycles. The summed E-state index contributed by atoms with van der Waals surface area (Å²) in [4.78, 5) is 18.8. The van der Waals surface area contributed by atoms with E-state index >= 15 is 0 Å². The minimum Gasteiger partial charge on any atom is -0.355 e. The van der Waals surface area contributed by atoms with Crippen molar-refractivity contribution >= 4 is 17.3 Å². The molecule has 0 bridgehead atoms. The summed E-state index contributed by atoms with van der Waals surface area (Å²) in [5, 5.41) is 0. The number of anilines is 2. The fourth-order valence-electron chi connectivity index (χ4n) is 4.59. The minimum absolute atomic E-state index is 0.137. The Bertz CT molecular complexity index is 964.